The minimum atomic E-state index is -0.182. The molecule has 0 spiro atoms. The van der Waals surface area contributed by atoms with Crippen LogP contribution in [0.1, 0.15) is 24.0 Å². The molecular formula is C19H23FN4O. The second kappa shape index (κ2) is 7.51. The Kier molecular flexibility index (Phi) is 5.16. The average molecular weight is 342 g/mol. The Morgan fingerprint density at radius 2 is 2.12 bits per heavy atom. The summed E-state index contributed by atoms with van der Waals surface area (Å²) in [5.41, 5.74) is 2.10. The molecule has 1 aliphatic rings. The van der Waals surface area contributed by atoms with E-state index in [1.807, 2.05) is 18.2 Å². The number of aromatic nitrogens is 1. The molecule has 1 aromatic heterocycles. The van der Waals surface area contributed by atoms with Crippen molar-refractivity contribution in [3.8, 4) is 5.88 Å². The number of hydrogen-bond acceptors (Lipinski definition) is 3. The van der Waals surface area contributed by atoms with Crippen LogP contribution >= 0.6 is 0 Å². The Balaban J connectivity index is 1.54. The van der Waals surface area contributed by atoms with E-state index in [2.05, 4.69) is 20.6 Å². The molecule has 5 nitrogen and oxygen atoms in total. The largest absolute Gasteiger partial charge is 0.481 e. The fourth-order valence-corrected chi connectivity index (χ4v) is 2.83. The van der Waals surface area contributed by atoms with Crippen LogP contribution < -0.4 is 15.4 Å². The fourth-order valence-electron chi connectivity index (χ4n) is 2.83. The van der Waals surface area contributed by atoms with E-state index in [4.69, 9.17) is 4.74 Å². The van der Waals surface area contributed by atoms with Crippen LogP contribution in [-0.4, -0.2) is 31.6 Å². The third kappa shape index (κ3) is 4.26. The molecule has 1 fully saturated rings. The van der Waals surface area contributed by atoms with E-state index in [1.165, 1.54) is 6.07 Å². The molecule has 132 valence electrons. The van der Waals surface area contributed by atoms with Gasteiger partial charge in [0.2, 0.25) is 5.88 Å². The lowest BCUT2D eigenvalue weighted by molar-refractivity contribution is 0.397. The predicted octanol–water partition coefficient (Wildman–Crippen LogP) is 2.63. The highest BCUT2D eigenvalue weighted by molar-refractivity contribution is 5.79. The first kappa shape index (κ1) is 17.2. The van der Waals surface area contributed by atoms with Crippen molar-refractivity contribution in [2.45, 2.75) is 24.8 Å². The third-order valence-electron chi connectivity index (χ3n) is 4.58. The second-order valence-corrected chi connectivity index (χ2v) is 6.28. The second-order valence-electron chi connectivity index (χ2n) is 6.28. The lowest BCUT2D eigenvalue weighted by atomic mass is 9.96. The van der Waals surface area contributed by atoms with Gasteiger partial charge in [-0.2, -0.15) is 0 Å². The average Bonchev–Trinajstić information content (AvgIpc) is 3.43. The van der Waals surface area contributed by atoms with Gasteiger partial charge in [-0.15, -0.1) is 0 Å². The number of ether oxygens (including phenoxy) is 1. The maximum atomic E-state index is 13.5. The molecule has 0 aliphatic heterocycles. The van der Waals surface area contributed by atoms with Crippen molar-refractivity contribution in [2.75, 3.05) is 20.7 Å². The van der Waals surface area contributed by atoms with Gasteiger partial charge >= 0.3 is 0 Å². The van der Waals surface area contributed by atoms with Crippen LogP contribution in [0.5, 0.6) is 5.88 Å². The summed E-state index contributed by atoms with van der Waals surface area (Å²) in [6.07, 6.45) is 3.89. The first-order chi connectivity index (χ1) is 12.1. The maximum Gasteiger partial charge on any atom is 0.212 e. The van der Waals surface area contributed by atoms with E-state index in [0.717, 1.165) is 36.5 Å². The smallest absolute Gasteiger partial charge is 0.212 e. The molecule has 0 amide bonds. The maximum absolute atomic E-state index is 13.5. The highest BCUT2D eigenvalue weighted by Gasteiger charge is 2.44. The molecule has 0 unspecified atom stereocenters. The quantitative estimate of drug-likeness (QED) is 0.626. The molecule has 0 radical (unpaired) electrons. The molecule has 1 saturated carbocycles. The van der Waals surface area contributed by atoms with Gasteiger partial charge in [0.15, 0.2) is 5.96 Å². The first-order valence-electron chi connectivity index (χ1n) is 8.35. The topological polar surface area (TPSA) is 58.5 Å². The molecule has 1 aliphatic carbocycles. The summed E-state index contributed by atoms with van der Waals surface area (Å²) < 4.78 is 18.5. The number of hydrogen-bond donors (Lipinski definition) is 2. The number of rotatable bonds is 6. The number of guanidine groups is 1. The summed E-state index contributed by atoms with van der Waals surface area (Å²) in [4.78, 5) is 8.44. The van der Waals surface area contributed by atoms with Crippen LogP contribution in [0.4, 0.5) is 4.39 Å². The normalized spacial score (nSPS) is 15.6. The van der Waals surface area contributed by atoms with Crippen molar-refractivity contribution < 1.29 is 9.13 Å². The number of pyridine rings is 1. The van der Waals surface area contributed by atoms with Gasteiger partial charge in [0.25, 0.3) is 0 Å². The Labute approximate surface area is 147 Å². The number of aliphatic imine (C=N–C) groups is 1. The van der Waals surface area contributed by atoms with Gasteiger partial charge in [-0.05, 0) is 36.1 Å². The van der Waals surface area contributed by atoms with Gasteiger partial charge in [0.05, 0.1) is 7.11 Å². The van der Waals surface area contributed by atoms with Crippen molar-refractivity contribution in [1.82, 2.24) is 15.6 Å². The molecule has 0 bridgehead atoms. The van der Waals surface area contributed by atoms with Gasteiger partial charge in [-0.25, -0.2) is 9.37 Å². The van der Waals surface area contributed by atoms with Crippen LogP contribution in [0.3, 0.4) is 0 Å². The van der Waals surface area contributed by atoms with Crippen LogP contribution in [0.2, 0.25) is 0 Å². The minimum Gasteiger partial charge on any atom is -0.481 e. The number of halogens is 1. The molecule has 2 aromatic rings. The molecule has 2 N–H and O–H groups in total. The van der Waals surface area contributed by atoms with Crippen LogP contribution in [-0.2, 0) is 12.0 Å². The van der Waals surface area contributed by atoms with Gasteiger partial charge < -0.3 is 15.4 Å². The lowest BCUT2D eigenvalue weighted by Crippen LogP contribution is -2.40. The van der Waals surface area contributed by atoms with E-state index in [1.54, 1.807) is 32.5 Å². The molecule has 1 aromatic carbocycles. The monoisotopic (exact) mass is 342 g/mol. The summed E-state index contributed by atoms with van der Waals surface area (Å²) in [6.45, 7) is 1.35. The zero-order chi connectivity index (χ0) is 17.7. The van der Waals surface area contributed by atoms with Gasteiger partial charge in [0, 0.05) is 37.8 Å². The van der Waals surface area contributed by atoms with Crippen molar-refractivity contribution in [1.29, 1.82) is 0 Å². The van der Waals surface area contributed by atoms with E-state index < -0.39 is 0 Å². The summed E-state index contributed by atoms with van der Waals surface area (Å²) in [5.74, 6) is 1.13. The molecule has 0 saturated heterocycles. The fraction of sp³-hybridized carbons (Fsp3) is 0.368. The van der Waals surface area contributed by atoms with Crippen molar-refractivity contribution >= 4 is 5.96 Å². The third-order valence-corrected chi connectivity index (χ3v) is 4.58. The molecule has 3 rings (SSSR count). The zero-order valence-corrected chi connectivity index (χ0v) is 14.6. The Hall–Kier alpha value is -2.63. The number of nitrogens with one attached hydrogen (secondary N) is 2. The molecule has 0 atom stereocenters. The van der Waals surface area contributed by atoms with E-state index in [0.29, 0.717) is 12.4 Å². The van der Waals surface area contributed by atoms with E-state index in [9.17, 15) is 4.39 Å². The summed E-state index contributed by atoms with van der Waals surface area (Å²) in [5, 5.41) is 6.62. The summed E-state index contributed by atoms with van der Waals surface area (Å²) in [6, 6.07) is 10.7. The molecule has 6 heteroatoms. The Bertz CT molecular complexity index is 741. The standard InChI is InChI=1S/C19H23FN4O/c1-21-18(23-12-14-6-7-17(25-2)22-11-14)24-13-19(8-9-19)15-4-3-5-16(20)10-15/h3-7,10-11H,8-9,12-13H2,1-2H3,(H2,21,23,24). The van der Waals surface area contributed by atoms with Gasteiger partial charge in [0.1, 0.15) is 5.82 Å². The number of nitrogens with zero attached hydrogens (tertiary/aromatic N) is 2. The zero-order valence-electron chi connectivity index (χ0n) is 14.6. The summed E-state index contributed by atoms with van der Waals surface area (Å²) >= 11 is 0. The van der Waals surface area contributed by atoms with Crippen LogP contribution in [0.25, 0.3) is 0 Å². The van der Waals surface area contributed by atoms with Crippen molar-refractivity contribution in [3.63, 3.8) is 0 Å². The van der Waals surface area contributed by atoms with Gasteiger partial charge in [-0.3, -0.25) is 4.99 Å². The lowest BCUT2D eigenvalue weighted by Gasteiger charge is -2.19. The van der Waals surface area contributed by atoms with Crippen LogP contribution in [0.15, 0.2) is 47.6 Å². The highest BCUT2D eigenvalue weighted by Crippen LogP contribution is 2.47. The van der Waals surface area contributed by atoms with E-state index in [-0.39, 0.29) is 11.2 Å². The van der Waals surface area contributed by atoms with Gasteiger partial charge in [-0.1, -0.05) is 18.2 Å². The molecule has 25 heavy (non-hydrogen) atoms. The van der Waals surface area contributed by atoms with Crippen molar-refractivity contribution in [3.05, 3.63) is 59.5 Å². The number of benzene rings is 1. The Morgan fingerprint density at radius 3 is 2.72 bits per heavy atom. The summed E-state index contributed by atoms with van der Waals surface area (Å²) in [7, 11) is 3.34. The predicted molar refractivity (Wildman–Crippen MR) is 96.3 cm³/mol. The van der Waals surface area contributed by atoms with Crippen LogP contribution in [0, 0.1) is 5.82 Å². The van der Waals surface area contributed by atoms with Crippen molar-refractivity contribution in [2.24, 2.45) is 4.99 Å². The molecule has 1 heterocycles. The SMILES string of the molecule is CN=C(NCc1ccc(OC)nc1)NCC1(c2cccc(F)c2)CC1. The first-order valence-corrected chi connectivity index (χ1v) is 8.35. The van der Waals surface area contributed by atoms with E-state index >= 15 is 0 Å². The minimum absolute atomic E-state index is 0.0153. The molecular weight excluding hydrogens is 319 g/mol. The Morgan fingerprint density at radius 1 is 1.28 bits per heavy atom. The highest BCUT2D eigenvalue weighted by atomic mass is 19.1. The number of methoxy groups -OCH3 is 1.